The second-order valence-electron chi connectivity index (χ2n) is 13.0. The summed E-state index contributed by atoms with van der Waals surface area (Å²) in [6.45, 7) is 9.33. The van der Waals surface area contributed by atoms with E-state index in [1.165, 1.54) is 55.7 Å². The summed E-state index contributed by atoms with van der Waals surface area (Å²) in [5.41, 5.74) is 15.0. The van der Waals surface area contributed by atoms with Gasteiger partial charge in [-0.25, -0.2) is 0 Å². The van der Waals surface area contributed by atoms with Gasteiger partial charge >= 0.3 is 303 Å². The number of allylic oxidation sites excluding steroid dienone is 12. The van der Waals surface area contributed by atoms with E-state index in [9.17, 15) is 0 Å². The minimum absolute atomic E-state index is 0. The largest absolute Gasteiger partial charge is 1.00 e. The number of hydrogen-bond donors (Lipinski definition) is 0. The predicted molar refractivity (Wildman–Crippen MR) is 205 cm³/mol. The van der Waals surface area contributed by atoms with Crippen LogP contribution >= 0.6 is 24.4 Å². The van der Waals surface area contributed by atoms with Crippen LogP contribution in [0.4, 0.5) is 0 Å². The standard InChI is InChI=1S/2C20H14NS.C3H6.2ClH.Zr/c2*1-13-10-18-16(14-6-3-2-4-7-14)11-17(19(18)20(13)22)15-8-5-9-21-12-15;1-3-2;;;/h2*2-9,11-12,18H,1H3;1-2H3;2*1H;/q;;;;;+2/p-2. The van der Waals surface area contributed by atoms with E-state index in [0.717, 1.165) is 20.9 Å². The zero-order valence-corrected chi connectivity index (χ0v) is 33.8. The van der Waals surface area contributed by atoms with Gasteiger partial charge in [0.1, 0.15) is 0 Å². The molecule has 4 aromatic rings. The van der Waals surface area contributed by atoms with E-state index in [2.05, 4.69) is 123 Å². The fourth-order valence-corrected chi connectivity index (χ4v) is 17.9. The summed E-state index contributed by atoms with van der Waals surface area (Å²) in [6.07, 6.45) is 12.4. The quantitative estimate of drug-likeness (QED) is 0.273. The molecule has 8 rings (SSSR count). The maximum absolute atomic E-state index is 6.43. The molecule has 2 aromatic heterocycles. The van der Waals surface area contributed by atoms with Gasteiger partial charge in [-0.1, -0.05) is 0 Å². The molecule has 50 heavy (non-hydrogen) atoms. The van der Waals surface area contributed by atoms with Crippen LogP contribution in [0.3, 0.4) is 0 Å². The van der Waals surface area contributed by atoms with Crippen molar-refractivity contribution in [3.8, 4) is 0 Å². The van der Waals surface area contributed by atoms with Crippen molar-refractivity contribution >= 4 is 59.7 Å². The second kappa shape index (κ2) is 14.7. The van der Waals surface area contributed by atoms with Crippen LogP contribution in [0.2, 0.25) is 0 Å². The van der Waals surface area contributed by atoms with Crippen LogP contribution in [0.5, 0.6) is 0 Å². The molecule has 4 aliphatic carbocycles. The van der Waals surface area contributed by atoms with Crippen LogP contribution in [0.25, 0.3) is 22.3 Å². The van der Waals surface area contributed by atoms with Crippen molar-refractivity contribution in [2.24, 2.45) is 11.8 Å². The SMILES string of the molecule is CC1=[C]([Zr+2]([C]2=C(C)C(=S)C3=C(c4cccnc4)C=C(c4ccccc4)C32)=[C](C)C)C2C(c3ccccc3)=CC(c3cccnc3)=C2C1=S.[Cl-].[Cl-]. The first-order valence-electron chi connectivity index (χ1n) is 16.4. The molecule has 7 heteroatoms. The van der Waals surface area contributed by atoms with E-state index in [0.29, 0.717) is 0 Å². The van der Waals surface area contributed by atoms with E-state index in [-0.39, 0.29) is 36.6 Å². The number of thiocarbonyl (C=S) groups is 2. The van der Waals surface area contributed by atoms with Crippen LogP contribution in [-0.2, 0) is 21.3 Å². The summed E-state index contributed by atoms with van der Waals surface area (Å²) in [4.78, 5) is 11.0. The third-order valence-corrected chi connectivity index (χ3v) is 19.6. The van der Waals surface area contributed by atoms with Gasteiger partial charge in [0.2, 0.25) is 0 Å². The molecule has 2 unspecified atom stereocenters. The van der Waals surface area contributed by atoms with Gasteiger partial charge in [-0.2, -0.15) is 0 Å². The zero-order chi connectivity index (χ0) is 33.1. The summed E-state index contributed by atoms with van der Waals surface area (Å²) in [6, 6.07) is 30.2. The number of halogens is 2. The number of nitrogens with zero attached hydrogens (tertiary/aromatic N) is 2. The molecule has 0 bridgehead atoms. The summed E-state index contributed by atoms with van der Waals surface area (Å²) in [5.74, 6) is 0.259. The fraction of sp³-hybridized carbons (Fsp3) is 0.140. The Morgan fingerprint density at radius 3 is 1.28 bits per heavy atom. The Labute approximate surface area is 325 Å². The van der Waals surface area contributed by atoms with Crippen LogP contribution in [0, 0.1) is 11.8 Å². The van der Waals surface area contributed by atoms with Crippen molar-refractivity contribution in [3.63, 3.8) is 0 Å². The van der Waals surface area contributed by atoms with Gasteiger partial charge in [-0.05, 0) is 0 Å². The average molecular weight is 805 g/mol. The van der Waals surface area contributed by atoms with Crippen molar-refractivity contribution in [1.82, 2.24) is 9.97 Å². The molecule has 0 spiro atoms. The molecule has 0 radical (unpaired) electrons. The molecular formula is C43H34Cl2N2S2Zr. The molecule has 2 aromatic carbocycles. The molecule has 2 heterocycles. The summed E-state index contributed by atoms with van der Waals surface area (Å²) in [7, 11) is 0. The Bertz CT molecular complexity index is 2120. The summed E-state index contributed by atoms with van der Waals surface area (Å²) < 4.78 is 4.69. The van der Waals surface area contributed by atoms with Gasteiger partial charge in [-0.3, -0.25) is 0 Å². The third-order valence-electron chi connectivity index (χ3n) is 10.1. The van der Waals surface area contributed by atoms with Crippen molar-refractivity contribution in [2.75, 3.05) is 0 Å². The van der Waals surface area contributed by atoms with Gasteiger partial charge < -0.3 is 24.8 Å². The maximum atomic E-state index is 6.43. The molecule has 0 aliphatic heterocycles. The Morgan fingerprint density at radius 2 is 0.940 bits per heavy atom. The number of fused-ring (bicyclic) bond motifs is 2. The monoisotopic (exact) mass is 802 g/mol. The number of hydrogen-bond acceptors (Lipinski definition) is 4. The van der Waals surface area contributed by atoms with Crippen LogP contribution < -0.4 is 24.8 Å². The molecule has 0 saturated heterocycles. The van der Waals surface area contributed by atoms with Crippen LogP contribution in [0.15, 0.2) is 151 Å². The minimum Gasteiger partial charge on any atom is -1.00 e. The predicted octanol–water partition coefficient (Wildman–Crippen LogP) is 4.26. The van der Waals surface area contributed by atoms with E-state index in [4.69, 9.17) is 24.4 Å². The number of rotatable bonds is 6. The van der Waals surface area contributed by atoms with Crippen molar-refractivity contribution in [3.05, 3.63) is 173 Å². The van der Waals surface area contributed by atoms with E-state index in [1.807, 2.05) is 36.9 Å². The topological polar surface area (TPSA) is 25.8 Å². The van der Waals surface area contributed by atoms with Gasteiger partial charge in [0, 0.05) is 0 Å². The average Bonchev–Trinajstić information content (AvgIpc) is 3.84. The zero-order valence-electron chi connectivity index (χ0n) is 28.2. The first-order valence-corrected chi connectivity index (χ1v) is 20.9. The number of pyridine rings is 2. The second-order valence-corrected chi connectivity index (χ2v) is 20.8. The number of aromatic nitrogens is 2. The fourth-order valence-electron chi connectivity index (χ4n) is 8.07. The van der Waals surface area contributed by atoms with Gasteiger partial charge in [-0.15, -0.1) is 0 Å². The Hall–Kier alpha value is -3.31. The first kappa shape index (κ1) is 36.5. The maximum Gasteiger partial charge on any atom is -1.00 e. The van der Waals surface area contributed by atoms with E-state index >= 15 is 0 Å². The van der Waals surface area contributed by atoms with Crippen molar-refractivity contribution in [1.29, 1.82) is 0 Å². The van der Waals surface area contributed by atoms with Crippen LogP contribution in [0.1, 0.15) is 49.9 Å². The van der Waals surface area contributed by atoms with Gasteiger partial charge in [0.15, 0.2) is 0 Å². The Balaban J connectivity index is 0.00000216. The van der Waals surface area contributed by atoms with Crippen molar-refractivity contribution < 1.29 is 46.1 Å². The molecule has 4 aliphatic rings. The Morgan fingerprint density at radius 1 is 0.560 bits per heavy atom. The summed E-state index contributed by atoms with van der Waals surface area (Å²) in [5, 5.41) is 0. The van der Waals surface area contributed by atoms with Crippen LogP contribution in [-0.4, -0.2) is 22.9 Å². The smallest absolute Gasteiger partial charge is 1.00 e. The third kappa shape index (κ3) is 5.86. The molecule has 246 valence electrons. The molecule has 2 atom stereocenters. The molecule has 0 saturated carbocycles. The number of benzene rings is 2. The first-order chi connectivity index (χ1) is 23.4. The molecule has 0 fully saturated rings. The normalized spacial score (nSPS) is 19.1. The molecule has 2 nitrogen and oxygen atoms in total. The minimum atomic E-state index is -2.85. The van der Waals surface area contributed by atoms with Gasteiger partial charge in [0.05, 0.1) is 0 Å². The molecule has 0 amide bonds. The Kier molecular flexibility index (Phi) is 10.8. The molecule has 0 N–H and O–H groups in total. The summed E-state index contributed by atoms with van der Waals surface area (Å²) >= 11 is 10.0. The van der Waals surface area contributed by atoms with E-state index in [1.54, 1.807) is 9.77 Å². The van der Waals surface area contributed by atoms with Gasteiger partial charge in [0.25, 0.3) is 0 Å². The van der Waals surface area contributed by atoms with Crippen molar-refractivity contribution in [2.45, 2.75) is 27.7 Å². The van der Waals surface area contributed by atoms with E-state index < -0.39 is 21.3 Å². The molecular weight excluding hydrogens is 771 g/mol.